The first-order chi connectivity index (χ1) is 10.0. The predicted octanol–water partition coefficient (Wildman–Crippen LogP) is 3.13. The Labute approximate surface area is 128 Å². The molecule has 0 N–H and O–H groups in total. The second-order valence-electron chi connectivity index (χ2n) is 4.65. The van der Waals surface area contributed by atoms with Crippen molar-refractivity contribution in [2.24, 2.45) is 0 Å². The highest BCUT2D eigenvalue weighted by Gasteiger charge is 2.12. The van der Waals surface area contributed by atoms with Gasteiger partial charge in [0.15, 0.2) is 0 Å². The number of hydrogen-bond acceptors (Lipinski definition) is 2. The Bertz CT molecular complexity index is 721. The van der Waals surface area contributed by atoms with Crippen LogP contribution in [0.4, 0.5) is 0 Å². The zero-order chi connectivity index (χ0) is 15.4. The van der Waals surface area contributed by atoms with Crippen LogP contribution in [0.1, 0.15) is 5.69 Å². The van der Waals surface area contributed by atoms with Gasteiger partial charge in [-0.15, -0.1) is 0 Å². The number of benzene rings is 1. The number of likely N-dealkylation sites (N-methyl/N-ethyl adjacent to an activating group) is 1. The summed E-state index contributed by atoms with van der Waals surface area (Å²) >= 11 is 5.88. The second kappa shape index (κ2) is 6.29. The molecule has 1 aromatic carbocycles. The quantitative estimate of drug-likeness (QED) is 0.646. The highest BCUT2D eigenvalue weighted by molar-refractivity contribution is 6.30. The monoisotopic (exact) mass is 299 g/mol. The molecule has 0 saturated carbocycles. The topological polar surface area (TPSA) is 49.0 Å². The number of amides is 1. The van der Waals surface area contributed by atoms with E-state index in [2.05, 4.69) is 0 Å². The third-order valence-electron chi connectivity index (χ3n) is 2.93. The van der Waals surface area contributed by atoms with Crippen LogP contribution in [-0.4, -0.2) is 29.5 Å². The van der Waals surface area contributed by atoms with Crippen molar-refractivity contribution < 1.29 is 4.79 Å². The van der Waals surface area contributed by atoms with E-state index in [0.29, 0.717) is 5.02 Å². The third kappa shape index (κ3) is 3.33. The molecule has 0 radical (unpaired) electrons. The number of aromatic nitrogens is 1. The van der Waals surface area contributed by atoms with Crippen LogP contribution in [0.25, 0.3) is 11.8 Å². The summed E-state index contributed by atoms with van der Waals surface area (Å²) in [5.41, 5.74) is 1.75. The molecule has 1 aromatic heterocycles. The van der Waals surface area contributed by atoms with Crippen molar-refractivity contribution in [1.29, 1.82) is 5.26 Å². The summed E-state index contributed by atoms with van der Waals surface area (Å²) in [6.07, 6.45) is 3.45. The molecule has 21 heavy (non-hydrogen) atoms. The van der Waals surface area contributed by atoms with Gasteiger partial charge in [-0.3, -0.25) is 4.79 Å². The first kappa shape index (κ1) is 14.9. The SMILES string of the molecule is CN(C)C(=O)/C(C#N)=C\c1cccn1-c1ccc(Cl)cc1. The molecule has 0 fully saturated rings. The van der Waals surface area contributed by atoms with E-state index in [-0.39, 0.29) is 11.5 Å². The van der Waals surface area contributed by atoms with Crippen LogP contribution in [0.15, 0.2) is 48.2 Å². The van der Waals surface area contributed by atoms with Crippen LogP contribution < -0.4 is 0 Å². The average molecular weight is 300 g/mol. The Kier molecular flexibility index (Phi) is 4.46. The molecule has 0 aliphatic carbocycles. The summed E-state index contributed by atoms with van der Waals surface area (Å²) in [5, 5.41) is 9.81. The minimum atomic E-state index is -0.318. The van der Waals surface area contributed by atoms with Crippen LogP contribution in [-0.2, 0) is 4.79 Å². The molecule has 0 atom stereocenters. The molecule has 0 spiro atoms. The molecule has 0 unspecified atom stereocenters. The van der Waals surface area contributed by atoms with Crippen LogP contribution >= 0.6 is 11.6 Å². The van der Waals surface area contributed by atoms with Crippen LogP contribution in [0.5, 0.6) is 0 Å². The van der Waals surface area contributed by atoms with Crippen molar-refractivity contribution in [3.63, 3.8) is 0 Å². The minimum Gasteiger partial charge on any atom is -0.344 e. The zero-order valence-corrected chi connectivity index (χ0v) is 12.5. The van der Waals surface area contributed by atoms with E-state index in [9.17, 15) is 4.79 Å². The summed E-state index contributed by atoms with van der Waals surface area (Å²) in [5.74, 6) is -0.318. The van der Waals surface area contributed by atoms with E-state index in [1.165, 1.54) is 4.90 Å². The van der Waals surface area contributed by atoms with Gasteiger partial charge in [-0.1, -0.05) is 11.6 Å². The Hall–Kier alpha value is -2.51. The van der Waals surface area contributed by atoms with Crippen LogP contribution in [0, 0.1) is 11.3 Å². The molecule has 0 aliphatic heterocycles. The maximum absolute atomic E-state index is 11.9. The van der Waals surface area contributed by atoms with Crippen molar-refractivity contribution in [2.75, 3.05) is 14.1 Å². The summed E-state index contributed by atoms with van der Waals surface area (Å²) in [6, 6.07) is 13.0. The summed E-state index contributed by atoms with van der Waals surface area (Å²) in [6.45, 7) is 0. The first-order valence-electron chi connectivity index (χ1n) is 6.29. The maximum atomic E-state index is 11.9. The first-order valence-corrected chi connectivity index (χ1v) is 6.67. The lowest BCUT2D eigenvalue weighted by atomic mass is 10.2. The number of carbonyl (C=O) groups excluding carboxylic acids is 1. The van der Waals surface area contributed by atoms with Gasteiger partial charge in [0.05, 0.1) is 0 Å². The number of nitrogens with zero attached hydrogens (tertiary/aromatic N) is 3. The van der Waals surface area contributed by atoms with E-state index in [0.717, 1.165) is 11.4 Å². The number of carbonyl (C=O) groups is 1. The Balaban J connectivity index is 2.43. The summed E-state index contributed by atoms with van der Waals surface area (Å²) < 4.78 is 1.89. The summed E-state index contributed by atoms with van der Waals surface area (Å²) in [4.78, 5) is 13.3. The van der Waals surface area contributed by atoms with Crippen LogP contribution in [0.3, 0.4) is 0 Å². The van der Waals surface area contributed by atoms with Crippen molar-refractivity contribution in [3.8, 4) is 11.8 Å². The Morgan fingerprint density at radius 2 is 1.95 bits per heavy atom. The third-order valence-corrected chi connectivity index (χ3v) is 3.19. The lowest BCUT2D eigenvalue weighted by molar-refractivity contribution is -0.124. The number of hydrogen-bond donors (Lipinski definition) is 0. The molecule has 0 aliphatic rings. The maximum Gasteiger partial charge on any atom is 0.264 e. The Morgan fingerprint density at radius 3 is 2.52 bits per heavy atom. The van der Waals surface area contributed by atoms with Gasteiger partial charge in [-0.05, 0) is 42.5 Å². The Morgan fingerprint density at radius 1 is 1.29 bits per heavy atom. The van der Waals surface area contributed by atoms with Crippen molar-refractivity contribution in [3.05, 3.63) is 58.9 Å². The molecule has 2 rings (SSSR count). The fourth-order valence-corrected chi connectivity index (χ4v) is 2.01. The highest BCUT2D eigenvalue weighted by Crippen LogP contribution is 2.18. The average Bonchev–Trinajstić information content (AvgIpc) is 2.93. The molecule has 0 bridgehead atoms. The lowest BCUT2D eigenvalue weighted by Crippen LogP contribution is -2.22. The molecule has 1 heterocycles. The molecular formula is C16H14ClN3O. The predicted molar refractivity (Wildman–Crippen MR) is 83.1 cm³/mol. The normalized spacial score (nSPS) is 11.0. The van der Waals surface area contributed by atoms with Gasteiger partial charge < -0.3 is 9.47 Å². The van der Waals surface area contributed by atoms with Gasteiger partial charge in [0.1, 0.15) is 11.6 Å². The number of nitriles is 1. The zero-order valence-electron chi connectivity index (χ0n) is 11.7. The lowest BCUT2D eigenvalue weighted by Gasteiger charge is -2.10. The van der Waals surface area contributed by atoms with Gasteiger partial charge in [0, 0.05) is 36.7 Å². The van der Waals surface area contributed by atoms with Crippen molar-refractivity contribution in [1.82, 2.24) is 9.47 Å². The van der Waals surface area contributed by atoms with E-state index in [1.54, 1.807) is 32.3 Å². The van der Waals surface area contributed by atoms with Gasteiger partial charge in [0.2, 0.25) is 0 Å². The summed E-state index contributed by atoms with van der Waals surface area (Å²) in [7, 11) is 3.23. The van der Waals surface area contributed by atoms with Gasteiger partial charge in [-0.25, -0.2) is 0 Å². The molecule has 0 saturated heterocycles. The van der Waals surface area contributed by atoms with E-state index >= 15 is 0 Å². The van der Waals surface area contributed by atoms with E-state index < -0.39 is 0 Å². The van der Waals surface area contributed by atoms with Crippen molar-refractivity contribution >= 4 is 23.6 Å². The fraction of sp³-hybridized carbons (Fsp3) is 0.125. The standard InChI is InChI=1S/C16H14ClN3O/c1-19(2)16(21)12(11-18)10-15-4-3-9-20(15)14-7-5-13(17)6-8-14/h3-10H,1-2H3/b12-10-. The number of halogens is 1. The molecule has 4 nitrogen and oxygen atoms in total. The number of rotatable bonds is 3. The van der Waals surface area contributed by atoms with E-state index in [4.69, 9.17) is 16.9 Å². The smallest absolute Gasteiger partial charge is 0.264 e. The van der Waals surface area contributed by atoms with Gasteiger partial charge in [0.25, 0.3) is 5.91 Å². The minimum absolute atomic E-state index is 0.0916. The van der Waals surface area contributed by atoms with Gasteiger partial charge >= 0.3 is 0 Å². The molecule has 1 amide bonds. The fourth-order valence-electron chi connectivity index (χ4n) is 1.88. The molecular weight excluding hydrogens is 286 g/mol. The van der Waals surface area contributed by atoms with Crippen LogP contribution in [0.2, 0.25) is 5.02 Å². The molecule has 5 heteroatoms. The molecule has 106 valence electrons. The highest BCUT2D eigenvalue weighted by atomic mass is 35.5. The van der Waals surface area contributed by atoms with E-state index in [1.807, 2.05) is 41.1 Å². The second-order valence-corrected chi connectivity index (χ2v) is 5.09. The van der Waals surface area contributed by atoms with Gasteiger partial charge in [-0.2, -0.15) is 5.26 Å². The van der Waals surface area contributed by atoms with Crippen molar-refractivity contribution in [2.45, 2.75) is 0 Å². The molecule has 2 aromatic rings. The largest absolute Gasteiger partial charge is 0.344 e.